The van der Waals surface area contributed by atoms with Gasteiger partial charge in [-0.3, -0.25) is 0 Å². The number of anilines is 1. The number of rotatable bonds is 4. The van der Waals surface area contributed by atoms with Crippen molar-refractivity contribution < 1.29 is 4.42 Å². The van der Waals surface area contributed by atoms with Gasteiger partial charge in [0.1, 0.15) is 5.88 Å². The van der Waals surface area contributed by atoms with Gasteiger partial charge in [0, 0.05) is 13.1 Å². The molecule has 0 N–H and O–H groups in total. The molecule has 0 bridgehead atoms. The fraction of sp³-hybridized carbons (Fsp3) is 0.714. The van der Waals surface area contributed by atoms with E-state index >= 15 is 0 Å². The highest BCUT2D eigenvalue weighted by molar-refractivity contribution is 6.16. The minimum absolute atomic E-state index is 0.272. The Hall–Kier alpha value is -0.770. The van der Waals surface area contributed by atoms with Crippen molar-refractivity contribution in [2.24, 2.45) is 0 Å². The molecule has 0 unspecified atom stereocenters. The van der Waals surface area contributed by atoms with Crippen molar-refractivity contribution in [3.63, 3.8) is 0 Å². The number of hydrogen-bond donors (Lipinski definition) is 0. The molecule has 1 rings (SSSR count). The number of aromatic nitrogens is 2. The van der Waals surface area contributed by atoms with E-state index in [1.807, 2.05) is 18.7 Å². The van der Waals surface area contributed by atoms with E-state index in [9.17, 15) is 0 Å². The molecule has 0 amide bonds. The molecule has 0 radical (unpaired) electrons. The summed E-state index contributed by atoms with van der Waals surface area (Å²) in [5.74, 6) is 0.743. The molecule has 68 valence electrons. The summed E-state index contributed by atoms with van der Waals surface area (Å²) in [6.07, 6.45) is 0. The van der Waals surface area contributed by atoms with Crippen molar-refractivity contribution in [1.82, 2.24) is 10.2 Å². The van der Waals surface area contributed by atoms with Crippen LogP contribution in [0.5, 0.6) is 0 Å². The molecule has 1 aromatic rings. The molecular formula is C7H12ClN3O. The molecule has 1 heterocycles. The third-order valence-corrected chi connectivity index (χ3v) is 1.83. The van der Waals surface area contributed by atoms with Crippen LogP contribution in [0.15, 0.2) is 4.42 Å². The smallest absolute Gasteiger partial charge is 0.318 e. The maximum atomic E-state index is 5.52. The maximum absolute atomic E-state index is 5.52. The summed E-state index contributed by atoms with van der Waals surface area (Å²) < 4.78 is 5.25. The van der Waals surface area contributed by atoms with Gasteiger partial charge in [0.2, 0.25) is 5.89 Å². The predicted molar refractivity (Wildman–Crippen MR) is 47.4 cm³/mol. The molecule has 12 heavy (non-hydrogen) atoms. The second kappa shape index (κ2) is 4.30. The molecule has 0 fully saturated rings. The highest BCUT2D eigenvalue weighted by Crippen LogP contribution is 2.12. The zero-order valence-electron chi connectivity index (χ0n) is 7.25. The summed E-state index contributed by atoms with van der Waals surface area (Å²) in [4.78, 5) is 1.98. The van der Waals surface area contributed by atoms with Crippen LogP contribution in [-0.4, -0.2) is 23.3 Å². The van der Waals surface area contributed by atoms with Crippen LogP contribution in [-0.2, 0) is 5.88 Å². The van der Waals surface area contributed by atoms with E-state index in [1.54, 1.807) is 0 Å². The van der Waals surface area contributed by atoms with E-state index in [0.29, 0.717) is 11.9 Å². The standard InChI is InChI=1S/C7H12ClN3O/c1-3-11(4-2)7-10-9-6(5-8)12-7/h3-5H2,1-2H3. The number of alkyl halides is 1. The molecule has 5 heteroatoms. The highest BCUT2D eigenvalue weighted by Gasteiger charge is 2.09. The first-order valence-corrected chi connectivity index (χ1v) is 4.48. The fourth-order valence-corrected chi connectivity index (χ4v) is 1.03. The van der Waals surface area contributed by atoms with Crippen molar-refractivity contribution in [3.8, 4) is 0 Å². The van der Waals surface area contributed by atoms with Gasteiger partial charge < -0.3 is 9.32 Å². The Balaban J connectivity index is 2.72. The molecule has 0 aliphatic heterocycles. The predicted octanol–water partition coefficient (Wildman–Crippen LogP) is 1.65. The Kier molecular flexibility index (Phi) is 3.34. The third-order valence-electron chi connectivity index (χ3n) is 1.60. The molecular weight excluding hydrogens is 178 g/mol. The van der Waals surface area contributed by atoms with Crippen LogP contribution in [0.4, 0.5) is 6.01 Å². The first-order valence-electron chi connectivity index (χ1n) is 3.95. The Morgan fingerprint density at radius 2 is 2.00 bits per heavy atom. The van der Waals surface area contributed by atoms with E-state index in [0.717, 1.165) is 13.1 Å². The summed E-state index contributed by atoms with van der Waals surface area (Å²) >= 11 is 5.52. The average Bonchev–Trinajstić information content (AvgIpc) is 2.55. The van der Waals surface area contributed by atoms with Crippen molar-refractivity contribution in [2.75, 3.05) is 18.0 Å². The van der Waals surface area contributed by atoms with Crippen LogP contribution < -0.4 is 4.90 Å². The molecule has 0 aliphatic carbocycles. The zero-order chi connectivity index (χ0) is 8.97. The molecule has 0 aliphatic rings. The third kappa shape index (κ3) is 1.88. The molecule has 0 saturated carbocycles. The van der Waals surface area contributed by atoms with Gasteiger partial charge in [-0.05, 0) is 13.8 Å². The first kappa shape index (κ1) is 9.32. The van der Waals surface area contributed by atoms with Crippen molar-refractivity contribution in [2.45, 2.75) is 19.7 Å². The van der Waals surface area contributed by atoms with Crippen LogP contribution in [0, 0.1) is 0 Å². The van der Waals surface area contributed by atoms with Gasteiger partial charge in [0.25, 0.3) is 0 Å². The van der Waals surface area contributed by atoms with Crippen molar-refractivity contribution >= 4 is 17.6 Å². The maximum Gasteiger partial charge on any atom is 0.318 e. The van der Waals surface area contributed by atoms with E-state index in [-0.39, 0.29) is 5.88 Å². The lowest BCUT2D eigenvalue weighted by Crippen LogP contribution is -2.21. The molecule has 0 atom stereocenters. The summed E-state index contributed by atoms with van der Waals surface area (Å²) in [5.41, 5.74) is 0. The Bertz CT molecular complexity index is 234. The van der Waals surface area contributed by atoms with E-state index in [1.165, 1.54) is 0 Å². The topological polar surface area (TPSA) is 42.2 Å². The SMILES string of the molecule is CCN(CC)c1nnc(CCl)o1. The van der Waals surface area contributed by atoms with E-state index < -0.39 is 0 Å². The quantitative estimate of drug-likeness (QED) is 0.676. The summed E-state index contributed by atoms with van der Waals surface area (Å²) in [5, 5.41) is 7.62. The fourth-order valence-electron chi connectivity index (χ4n) is 0.921. The van der Waals surface area contributed by atoms with Gasteiger partial charge in [-0.15, -0.1) is 16.7 Å². The van der Waals surface area contributed by atoms with Crippen molar-refractivity contribution in [1.29, 1.82) is 0 Å². The lowest BCUT2D eigenvalue weighted by molar-refractivity contribution is 0.503. The van der Waals surface area contributed by atoms with E-state index in [2.05, 4.69) is 10.2 Å². The average molecular weight is 190 g/mol. The molecule has 0 spiro atoms. The van der Waals surface area contributed by atoms with Crippen LogP contribution in [0.1, 0.15) is 19.7 Å². The van der Waals surface area contributed by atoms with Crippen LogP contribution in [0.2, 0.25) is 0 Å². The molecule has 1 aromatic heterocycles. The van der Waals surface area contributed by atoms with Gasteiger partial charge in [-0.1, -0.05) is 5.10 Å². The van der Waals surface area contributed by atoms with Crippen molar-refractivity contribution in [3.05, 3.63) is 5.89 Å². The zero-order valence-corrected chi connectivity index (χ0v) is 8.01. The van der Waals surface area contributed by atoms with E-state index in [4.69, 9.17) is 16.0 Å². The minimum Gasteiger partial charge on any atom is -0.407 e. The van der Waals surface area contributed by atoms with Gasteiger partial charge >= 0.3 is 6.01 Å². The normalized spacial score (nSPS) is 10.2. The van der Waals surface area contributed by atoms with Crippen LogP contribution in [0.25, 0.3) is 0 Å². The highest BCUT2D eigenvalue weighted by atomic mass is 35.5. The largest absolute Gasteiger partial charge is 0.407 e. The lowest BCUT2D eigenvalue weighted by Gasteiger charge is -2.13. The van der Waals surface area contributed by atoms with Gasteiger partial charge in [0.15, 0.2) is 0 Å². The monoisotopic (exact) mass is 189 g/mol. The van der Waals surface area contributed by atoms with Gasteiger partial charge in [-0.25, -0.2) is 0 Å². The van der Waals surface area contributed by atoms with Crippen LogP contribution in [0.3, 0.4) is 0 Å². The molecule has 0 saturated heterocycles. The summed E-state index contributed by atoms with van der Waals surface area (Å²) in [7, 11) is 0. The van der Waals surface area contributed by atoms with Gasteiger partial charge in [0.05, 0.1) is 0 Å². The van der Waals surface area contributed by atoms with Gasteiger partial charge in [-0.2, -0.15) is 0 Å². The number of hydrogen-bond acceptors (Lipinski definition) is 4. The second-order valence-electron chi connectivity index (χ2n) is 2.28. The number of halogens is 1. The lowest BCUT2D eigenvalue weighted by atomic mass is 10.5. The first-order chi connectivity index (χ1) is 5.81. The molecule has 0 aromatic carbocycles. The van der Waals surface area contributed by atoms with Crippen LogP contribution >= 0.6 is 11.6 Å². The minimum atomic E-state index is 0.272. The molecule has 4 nitrogen and oxygen atoms in total. The summed E-state index contributed by atoms with van der Waals surface area (Å²) in [6, 6.07) is 0.552. The Morgan fingerprint density at radius 3 is 2.42 bits per heavy atom. The number of nitrogens with zero attached hydrogens (tertiary/aromatic N) is 3. The Labute approximate surface area is 76.5 Å². The Morgan fingerprint density at radius 1 is 1.33 bits per heavy atom. The second-order valence-corrected chi connectivity index (χ2v) is 2.55. The summed E-state index contributed by atoms with van der Waals surface area (Å²) in [6.45, 7) is 5.79.